The molecule has 1 aliphatic heterocycles. The molecule has 1 heterocycles. The first-order chi connectivity index (χ1) is 14.7. The number of ether oxygens (including phenoxy) is 2. The van der Waals surface area contributed by atoms with Crippen LogP contribution < -0.4 is 14.4 Å². The molecule has 3 aromatic rings. The van der Waals surface area contributed by atoms with Crippen LogP contribution in [0.15, 0.2) is 72.8 Å². The van der Waals surface area contributed by atoms with Crippen molar-refractivity contribution in [2.75, 3.05) is 18.2 Å². The van der Waals surface area contributed by atoms with E-state index in [4.69, 9.17) is 9.47 Å². The van der Waals surface area contributed by atoms with Gasteiger partial charge in [-0.3, -0.25) is 14.5 Å². The van der Waals surface area contributed by atoms with Gasteiger partial charge in [0, 0.05) is 11.6 Å². The Hall–Kier alpha value is -3.60. The zero-order chi connectivity index (χ0) is 20.5. The lowest BCUT2D eigenvalue weighted by atomic mass is 10.0. The maximum absolute atomic E-state index is 13.0. The molecule has 0 spiro atoms. The highest BCUT2D eigenvalue weighted by Gasteiger charge is 2.30. The standard InChI is InChI=1S/C25H21NO4/c27-23(18-6-7-18)15-29-21-11-9-20(10-12-21)26-16-30-24-14-19(8-13-22(24)25(26)28)17-4-2-1-3-5-17/h1-5,8-14,18H,6-7,15-16H2. The fraction of sp³-hybridized carbons (Fsp3) is 0.200. The summed E-state index contributed by atoms with van der Waals surface area (Å²) in [6, 6.07) is 22.8. The number of benzene rings is 3. The lowest BCUT2D eigenvalue weighted by Crippen LogP contribution is -2.38. The zero-order valence-corrected chi connectivity index (χ0v) is 16.4. The van der Waals surface area contributed by atoms with Crippen molar-refractivity contribution in [3.8, 4) is 22.6 Å². The summed E-state index contributed by atoms with van der Waals surface area (Å²) in [5.41, 5.74) is 3.35. The average Bonchev–Trinajstić information content (AvgIpc) is 3.64. The first kappa shape index (κ1) is 18.4. The number of nitrogens with zero attached hydrogens (tertiary/aromatic N) is 1. The number of hydrogen-bond donors (Lipinski definition) is 0. The van der Waals surface area contributed by atoms with Gasteiger partial charge in [-0.05, 0) is 60.4 Å². The number of rotatable bonds is 6. The van der Waals surface area contributed by atoms with E-state index in [1.807, 2.05) is 60.7 Å². The zero-order valence-electron chi connectivity index (χ0n) is 16.4. The molecule has 0 saturated heterocycles. The predicted molar refractivity (Wildman–Crippen MR) is 114 cm³/mol. The quantitative estimate of drug-likeness (QED) is 0.602. The number of ketones is 1. The lowest BCUT2D eigenvalue weighted by molar-refractivity contribution is -0.122. The minimum Gasteiger partial charge on any atom is -0.486 e. The highest BCUT2D eigenvalue weighted by atomic mass is 16.5. The predicted octanol–water partition coefficient (Wildman–Crippen LogP) is 4.71. The molecule has 0 aromatic heterocycles. The Kier molecular flexibility index (Phi) is 4.71. The van der Waals surface area contributed by atoms with Gasteiger partial charge in [-0.1, -0.05) is 36.4 Å². The van der Waals surface area contributed by atoms with Crippen LogP contribution >= 0.6 is 0 Å². The molecule has 150 valence electrons. The molecule has 1 saturated carbocycles. The summed E-state index contributed by atoms with van der Waals surface area (Å²) in [7, 11) is 0. The molecule has 1 aliphatic carbocycles. The Morgan fingerprint density at radius 1 is 0.967 bits per heavy atom. The van der Waals surface area contributed by atoms with Crippen molar-refractivity contribution in [3.63, 3.8) is 0 Å². The molecule has 0 atom stereocenters. The van der Waals surface area contributed by atoms with E-state index in [2.05, 4.69) is 0 Å². The van der Waals surface area contributed by atoms with Gasteiger partial charge in [-0.2, -0.15) is 0 Å². The fourth-order valence-corrected chi connectivity index (χ4v) is 3.56. The second-order valence-electron chi connectivity index (χ2n) is 7.61. The van der Waals surface area contributed by atoms with Gasteiger partial charge >= 0.3 is 0 Å². The van der Waals surface area contributed by atoms with Gasteiger partial charge in [-0.15, -0.1) is 0 Å². The third-order valence-electron chi connectivity index (χ3n) is 5.48. The Morgan fingerprint density at radius 2 is 1.73 bits per heavy atom. The highest BCUT2D eigenvalue weighted by molar-refractivity contribution is 6.09. The van der Waals surface area contributed by atoms with Crippen LogP contribution in [-0.2, 0) is 4.79 Å². The number of Topliss-reactive ketones (excluding diaryl/α,β-unsaturated/α-hetero) is 1. The molecule has 1 fully saturated rings. The molecule has 1 amide bonds. The Morgan fingerprint density at radius 3 is 2.47 bits per heavy atom. The minimum atomic E-state index is -0.103. The van der Waals surface area contributed by atoms with Crippen molar-refractivity contribution < 1.29 is 19.1 Å². The summed E-state index contributed by atoms with van der Waals surface area (Å²) in [5.74, 6) is 1.45. The van der Waals surface area contributed by atoms with E-state index in [0.717, 1.165) is 29.7 Å². The molecule has 0 unspecified atom stereocenters. The van der Waals surface area contributed by atoms with Gasteiger partial charge in [0.15, 0.2) is 12.5 Å². The molecule has 5 rings (SSSR count). The number of fused-ring (bicyclic) bond motifs is 1. The van der Waals surface area contributed by atoms with Gasteiger partial charge < -0.3 is 9.47 Å². The van der Waals surface area contributed by atoms with Gasteiger partial charge in [0.2, 0.25) is 0 Å². The molecule has 0 N–H and O–H groups in total. The number of hydrogen-bond acceptors (Lipinski definition) is 4. The maximum atomic E-state index is 13.0. The third-order valence-corrected chi connectivity index (χ3v) is 5.48. The molecule has 5 heteroatoms. The Balaban J connectivity index is 1.30. The van der Waals surface area contributed by atoms with Gasteiger partial charge in [0.25, 0.3) is 5.91 Å². The number of carbonyl (C=O) groups is 2. The van der Waals surface area contributed by atoms with Crippen molar-refractivity contribution in [3.05, 3.63) is 78.4 Å². The first-order valence-electron chi connectivity index (χ1n) is 10.1. The second kappa shape index (κ2) is 7.67. The first-order valence-corrected chi connectivity index (χ1v) is 10.1. The summed E-state index contributed by atoms with van der Waals surface area (Å²) in [6.45, 7) is 0.247. The normalized spacial score (nSPS) is 15.3. The number of anilines is 1. The van der Waals surface area contributed by atoms with Crippen LogP contribution in [-0.4, -0.2) is 25.0 Å². The van der Waals surface area contributed by atoms with E-state index in [1.165, 1.54) is 0 Å². The SMILES string of the molecule is O=C(COc1ccc(N2COc3cc(-c4ccccc4)ccc3C2=O)cc1)C1CC1. The Bertz CT molecular complexity index is 1090. The monoisotopic (exact) mass is 399 g/mol. The minimum absolute atomic E-state index is 0.103. The highest BCUT2D eigenvalue weighted by Crippen LogP contribution is 2.33. The molecular formula is C25H21NO4. The van der Waals surface area contributed by atoms with Crippen LogP contribution in [0.1, 0.15) is 23.2 Å². The van der Waals surface area contributed by atoms with Gasteiger partial charge in [0.1, 0.15) is 18.1 Å². The van der Waals surface area contributed by atoms with Crippen LogP contribution in [0.2, 0.25) is 0 Å². The smallest absolute Gasteiger partial charge is 0.264 e. The van der Waals surface area contributed by atoms with Crippen molar-refractivity contribution in [1.82, 2.24) is 0 Å². The second-order valence-corrected chi connectivity index (χ2v) is 7.61. The molecular weight excluding hydrogens is 378 g/mol. The largest absolute Gasteiger partial charge is 0.486 e. The van der Waals surface area contributed by atoms with Crippen molar-refractivity contribution >= 4 is 17.4 Å². The molecule has 5 nitrogen and oxygen atoms in total. The van der Waals surface area contributed by atoms with E-state index in [9.17, 15) is 9.59 Å². The molecule has 2 aliphatic rings. The maximum Gasteiger partial charge on any atom is 0.264 e. The summed E-state index contributed by atoms with van der Waals surface area (Å²) in [6.07, 6.45) is 1.96. The summed E-state index contributed by atoms with van der Waals surface area (Å²) < 4.78 is 11.5. The van der Waals surface area contributed by atoms with Gasteiger partial charge in [-0.25, -0.2) is 0 Å². The average molecular weight is 399 g/mol. The number of amides is 1. The molecule has 0 bridgehead atoms. The van der Waals surface area contributed by atoms with Crippen molar-refractivity contribution in [2.45, 2.75) is 12.8 Å². The van der Waals surface area contributed by atoms with E-state index in [0.29, 0.717) is 17.1 Å². The van der Waals surface area contributed by atoms with Crippen LogP contribution in [0, 0.1) is 5.92 Å². The summed E-state index contributed by atoms with van der Waals surface area (Å²) in [4.78, 5) is 26.4. The number of carbonyl (C=O) groups excluding carboxylic acids is 2. The van der Waals surface area contributed by atoms with E-state index < -0.39 is 0 Å². The van der Waals surface area contributed by atoms with Gasteiger partial charge in [0.05, 0.1) is 5.56 Å². The van der Waals surface area contributed by atoms with E-state index in [1.54, 1.807) is 17.0 Å². The summed E-state index contributed by atoms with van der Waals surface area (Å²) in [5, 5.41) is 0. The topological polar surface area (TPSA) is 55.8 Å². The van der Waals surface area contributed by atoms with Crippen LogP contribution in [0.3, 0.4) is 0 Å². The Labute approximate surface area is 174 Å². The summed E-state index contributed by atoms with van der Waals surface area (Å²) >= 11 is 0. The third kappa shape index (κ3) is 3.66. The molecule has 30 heavy (non-hydrogen) atoms. The van der Waals surface area contributed by atoms with Crippen molar-refractivity contribution in [2.24, 2.45) is 5.92 Å². The van der Waals surface area contributed by atoms with E-state index >= 15 is 0 Å². The van der Waals surface area contributed by atoms with Crippen molar-refractivity contribution in [1.29, 1.82) is 0 Å². The fourth-order valence-electron chi connectivity index (χ4n) is 3.56. The van der Waals surface area contributed by atoms with Crippen LogP contribution in [0.4, 0.5) is 5.69 Å². The molecule has 3 aromatic carbocycles. The van der Waals surface area contributed by atoms with Crippen LogP contribution in [0.25, 0.3) is 11.1 Å². The van der Waals surface area contributed by atoms with Crippen LogP contribution in [0.5, 0.6) is 11.5 Å². The van der Waals surface area contributed by atoms with E-state index in [-0.39, 0.29) is 30.9 Å². The lowest BCUT2D eigenvalue weighted by Gasteiger charge is -2.29. The molecule has 0 radical (unpaired) electrons.